The first-order chi connectivity index (χ1) is 9.90. The number of carbonyl (C=O) groups excluding carboxylic acids is 1. The molecule has 0 amide bonds. The minimum absolute atomic E-state index is 0.175. The van der Waals surface area contributed by atoms with Gasteiger partial charge >= 0.3 is 12.1 Å². The van der Waals surface area contributed by atoms with Gasteiger partial charge in [-0.2, -0.15) is 13.2 Å². The molecule has 1 atom stereocenters. The Morgan fingerprint density at radius 2 is 2.05 bits per heavy atom. The molecule has 7 heteroatoms. The standard InChI is InChI=1S/C14H14F3NO2S/c1-2-20-12(19)7-11-8-21-13(18-11)9-3-5-10(6-4-9)14(15,16)17/h3-6,11H,2,7-8H2,1H3. The van der Waals surface area contributed by atoms with Crippen LogP contribution in [0, 0.1) is 0 Å². The second-order valence-corrected chi connectivity index (χ2v) is 5.49. The van der Waals surface area contributed by atoms with Crippen LogP contribution in [0.15, 0.2) is 29.3 Å². The summed E-state index contributed by atoms with van der Waals surface area (Å²) in [5.74, 6) is 0.329. The predicted molar refractivity (Wildman–Crippen MR) is 75.5 cm³/mol. The van der Waals surface area contributed by atoms with Gasteiger partial charge in [0.1, 0.15) is 0 Å². The van der Waals surface area contributed by atoms with Crippen molar-refractivity contribution in [2.45, 2.75) is 25.6 Å². The largest absolute Gasteiger partial charge is 0.466 e. The minimum atomic E-state index is -4.34. The lowest BCUT2D eigenvalue weighted by atomic mass is 10.1. The number of alkyl halides is 3. The molecule has 1 aromatic rings. The topological polar surface area (TPSA) is 38.7 Å². The molecule has 114 valence electrons. The van der Waals surface area contributed by atoms with E-state index in [2.05, 4.69) is 4.99 Å². The molecule has 0 aliphatic carbocycles. The first-order valence-corrected chi connectivity index (χ1v) is 7.42. The molecule has 0 aromatic heterocycles. The van der Waals surface area contributed by atoms with Crippen molar-refractivity contribution in [2.75, 3.05) is 12.4 Å². The van der Waals surface area contributed by atoms with E-state index in [0.29, 0.717) is 23.0 Å². The molecule has 1 aromatic carbocycles. The van der Waals surface area contributed by atoms with E-state index in [1.54, 1.807) is 6.92 Å². The van der Waals surface area contributed by atoms with Gasteiger partial charge in [-0.25, -0.2) is 0 Å². The van der Waals surface area contributed by atoms with Crippen molar-refractivity contribution in [2.24, 2.45) is 4.99 Å². The van der Waals surface area contributed by atoms with Crippen molar-refractivity contribution < 1.29 is 22.7 Å². The highest BCUT2D eigenvalue weighted by Gasteiger charge is 2.30. The molecule has 1 unspecified atom stereocenters. The molecule has 21 heavy (non-hydrogen) atoms. The molecule has 0 bridgehead atoms. The van der Waals surface area contributed by atoms with Crippen molar-refractivity contribution in [3.63, 3.8) is 0 Å². The molecule has 0 saturated heterocycles. The number of benzene rings is 1. The van der Waals surface area contributed by atoms with Crippen LogP contribution in [0.3, 0.4) is 0 Å². The predicted octanol–water partition coefficient (Wildman–Crippen LogP) is 3.52. The summed E-state index contributed by atoms with van der Waals surface area (Å²) in [5, 5.41) is 0.665. The third-order valence-electron chi connectivity index (χ3n) is 2.88. The van der Waals surface area contributed by atoms with Gasteiger partial charge in [-0.1, -0.05) is 12.1 Å². The Balaban J connectivity index is 2.04. The van der Waals surface area contributed by atoms with Crippen LogP contribution in [0.2, 0.25) is 0 Å². The smallest absolute Gasteiger partial charge is 0.416 e. The number of hydrogen-bond donors (Lipinski definition) is 0. The summed E-state index contributed by atoms with van der Waals surface area (Å²) in [5.41, 5.74) is -0.0442. The highest BCUT2D eigenvalue weighted by Crippen LogP contribution is 2.31. The number of rotatable bonds is 4. The summed E-state index contributed by atoms with van der Waals surface area (Å²) in [7, 11) is 0. The van der Waals surface area contributed by atoms with Gasteiger partial charge in [0.25, 0.3) is 0 Å². The van der Waals surface area contributed by atoms with Crippen LogP contribution in [0.4, 0.5) is 13.2 Å². The van der Waals surface area contributed by atoms with Crippen LogP contribution in [-0.4, -0.2) is 29.4 Å². The zero-order valence-electron chi connectivity index (χ0n) is 11.3. The van der Waals surface area contributed by atoms with Gasteiger partial charge in [0.2, 0.25) is 0 Å². The molecule has 1 aliphatic rings. The average Bonchev–Trinajstić information content (AvgIpc) is 2.86. The number of aliphatic imine (C=N–C) groups is 1. The number of thioether (sulfide) groups is 1. The van der Waals surface area contributed by atoms with Gasteiger partial charge in [-0.05, 0) is 19.1 Å². The molecule has 1 aliphatic heterocycles. The van der Waals surface area contributed by atoms with Crippen LogP contribution >= 0.6 is 11.8 Å². The summed E-state index contributed by atoms with van der Waals surface area (Å²) in [6, 6.07) is 4.71. The fourth-order valence-electron chi connectivity index (χ4n) is 1.89. The Morgan fingerprint density at radius 3 is 2.62 bits per heavy atom. The Labute approximate surface area is 124 Å². The lowest BCUT2D eigenvalue weighted by Gasteiger charge is -2.07. The molecule has 0 spiro atoms. The Morgan fingerprint density at radius 1 is 1.38 bits per heavy atom. The molecule has 0 N–H and O–H groups in total. The van der Waals surface area contributed by atoms with Crippen LogP contribution in [0.25, 0.3) is 0 Å². The number of ether oxygens (including phenoxy) is 1. The molecule has 0 radical (unpaired) electrons. The van der Waals surface area contributed by atoms with Gasteiger partial charge in [0, 0.05) is 11.3 Å². The van der Waals surface area contributed by atoms with E-state index in [1.807, 2.05) is 0 Å². The molecule has 2 rings (SSSR count). The lowest BCUT2D eigenvalue weighted by Crippen LogP contribution is -2.14. The number of carbonyl (C=O) groups is 1. The van der Waals surface area contributed by atoms with E-state index in [9.17, 15) is 18.0 Å². The Hall–Kier alpha value is -1.50. The van der Waals surface area contributed by atoms with Crippen LogP contribution in [0.1, 0.15) is 24.5 Å². The molecule has 0 fully saturated rings. The molecule has 3 nitrogen and oxygen atoms in total. The fourth-order valence-corrected chi connectivity index (χ4v) is 2.96. The van der Waals surface area contributed by atoms with E-state index in [1.165, 1.54) is 23.9 Å². The van der Waals surface area contributed by atoms with Gasteiger partial charge in [0.15, 0.2) is 0 Å². The average molecular weight is 317 g/mol. The number of nitrogens with zero attached hydrogens (tertiary/aromatic N) is 1. The van der Waals surface area contributed by atoms with E-state index >= 15 is 0 Å². The monoisotopic (exact) mass is 317 g/mol. The van der Waals surface area contributed by atoms with Gasteiger partial charge in [-0.3, -0.25) is 9.79 Å². The van der Waals surface area contributed by atoms with Gasteiger partial charge in [-0.15, -0.1) is 11.8 Å². The Kier molecular flexibility index (Phi) is 4.92. The maximum absolute atomic E-state index is 12.5. The first-order valence-electron chi connectivity index (χ1n) is 6.44. The summed E-state index contributed by atoms with van der Waals surface area (Å²) in [4.78, 5) is 15.7. The van der Waals surface area contributed by atoms with E-state index in [0.717, 1.165) is 12.1 Å². The van der Waals surface area contributed by atoms with Gasteiger partial charge in [0.05, 0.1) is 29.7 Å². The zero-order chi connectivity index (χ0) is 15.5. The zero-order valence-corrected chi connectivity index (χ0v) is 12.1. The van der Waals surface area contributed by atoms with Crippen LogP contribution in [0.5, 0.6) is 0 Å². The number of hydrogen-bond acceptors (Lipinski definition) is 4. The van der Waals surface area contributed by atoms with Crippen molar-refractivity contribution in [3.05, 3.63) is 35.4 Å². The van der Waals surface area contributed by atoms with E-state index in [-0.39, 0.29) is 18.4 Å². The van der Waals surface area contributed by atoms with E-state index in [4.69, 9.17) is 4.74 Å². The summed E-state index contributed by atoms with van der Waals surface area (Å²) >= 11 is 1.44. The van der Waals surface area contributed by atoms with E-state index < -0.39 is 11.7 Å². The SMILES string of the molecule is CCOC(=O)CC1CSC(c2ccc(C(F)(F)F)cc2)=N1. The second kappa shape index (κ2) is 6.51. The fraction of sp³-hybridized carbons (Fsp3) is 0.429. The lowest BCUT2D eigenvalue weighted by molar-refractivity contribution is -0.143. The second-order valence-electron chi connectivity index (χ2n) is 4.48. The third kappa shape index (κ3) is 4.23. The van der Waals surface area contributed by atoms with Crippen LogP contribution < -0.4 is 0 Å². The van der Waals surface area contributed by atoms with Crippen molar-refractivity contribution in [1.82, 2.24) is 0 Å². The van der Waals surface area contributed by atoms with Crippen molar-refractivity contribution >= 4 is 22.8 Å². The highest BCUT2D eigenvalue weighted by molar-refractivity contribution is 8.14. The number of esters is 1. The summed E-state index contributed by atoms with van der Waals surface area (Å²) in [6.07, 6.45) is -4.14. The number of halogens is 3. The quantitative estimate of drug-likeness (QED) is 0.798. The highest BCUT2D eigenvalue weighted by atomic mass is 32.2. The molecule has 0 saturated carbocycles. The Bertz CT molecular complexity index is 540. The van der Waals surface area contributed by atoms with Crippen molar-refractivity contribution in [3.8, 4) is 0 Å². The summed E-state index contributed by atoms with van der Waals surface area (Å²) in [6.45, 7) is 2.06. The third-order valence-corrected chi connectivity index (χ3v) is 4.05. The van der Waals surface area contributed by atoms with Gasteiger partial charge < -0.3 is 4.74 Å². The molecule has 1 heterocycles. The molecular weight excluding hydrogens is 303 g/mol. The molecular formula is C14H14F3NO2S. The van der Waals surface area contributed by atoms with Crippen molar-refractivity contribution in [1.29, 1.82) is 0 Å². The minimum Gasteiger partial charge on any atom is -0.466 e. The maximum Gasteiger partial charge on any atom is 0.416 e. The maximum atomic E-state index is 12.5. The van der Waals surface area contributed by atoms with Crippen LogP contribution in [-0.2, 0) is 15.7 Å². The summed E-state index contributed by atoms with van der Waals surface area (Å²) < 4.78 is 42.3. The normalized spacial score (nSPS) is 18.5. The first kappa shape index (κ1) is 15.9.